The summed E-state index contributed by atoms with van der Waals surface area (Å²) in [5, 5.41) is 12.5. The monoisotopic (exact) mass is 480 g/mol. The standard InChI is InChI=1S/C18H19BrClN6OP/c1-26(2)16-8-7-13(24-25-16)11-5-6-14(15(9-11)28(3,4)27)22-17-12(19)10-21-18(20)23-17/h5-10H,1-4H3,(H,21,22,23). The van der Waals surface area contributed by atoms with E-state index in [0.717, 1.165) is 11.4 Å². The van der Waals surface area contributed by atoms with Crippen molar-refractivity contribution in [2.24, 2.45) is 0 Å². The molecule has 0 radical (unpaired) electrons. The van der Waals surface area contributed by atoms with Gasteiger partial charge in [-0.3, -0.25) is 0 Å². The first-order chi connectivity index (χ1) is 13.1. The van der Waals surface area contributed by atoms with Crippen molar-refractivity contribution in [3.05, 3.63) is 46.3 Å². The Morgan fingerprint density at radius 2 is 1.89 bits per heavy atom. The molecule has 1 N–H and O–H groups in total. The van der Waals surface area contributed by atoms with Crippen LogP contribution in [0.5, 0.6) is 0 Å². The van der Waals surface area contributed by atoms with E-state index in [1.54, 1.807) is 19.5 Å². The fraction of sp³-hybridized carbons (Fsp3) is 0.222. The molecule has 2 aromatic heterocycles. The Morgan fingerprint density at radius 1 is 1.14 bits per heavy atom. The number of halogens is 2. The van der Waals surface area contributed by atoms with Crippen molar-refractivity contribution in [1.29, 1.82) is 0 Å². The van der Waals surface area contributed by atoms with Crippen LogP contribution in [0.3, 0.4) is 0 Å². The van der Waals surface area contributed by atoms with E-state index in [-0.39, 0.29) is 5.28 Å². The first kappa shape index (κ1) is 20.7. The fourth-order valence-electron chi connectivity index (χ4n) is 2.52. The Labute approximate surface area is 177 Å². The molecule has 0 atom stereocenters. The predicted octanol–water partition coefficient (Wildman–Crippen LogP) is 4.41. The van der Waals surface area contributed by atoms with Crippen molar-refractivity contribution in [2.75, 3.05) is 37.6 Å². The molecule has 146 valence electrons. The minimum absolute atomic E-state index is 0.122. The molecule has 0 fully saturated rings. The lowest BCUT2D eigenvalue weighted by Gasteiger charge is -2.17. The maximum absolute atomic E-state index is 13.0. The molecule has 0 aliphatic rings. The number of hydrogen-bond acceptors (Lipinski definition) is 7. The Morgan fingerprint density at radius 3 is 2.50 bits per heavy atom. The van der Waals surface area contributed by atoms with Gasteiger partial charge in [0.25, 0.3) is 0 Å². The molecule has 3 aromatic rings. The van der Waals surface area contributed by atoms with Gasteiger partial charge >= 0.3 is 0 Å². The highest BCUT2D eigenvalue weighted by Gasteiger charge is 2.19. The average Bonchev–Trinajstić information content (AvgIpc) is 2.64. The van der Waals surface area contributed by atoms with Gasteiger partial charge in [-0.2, -0.15) is 4.98 Å². The normalized spacial score (nSPS) is 11.4. The van der Waals surface area contributed by atoms with Gasteiger partial charge in [-0.25, -0.2) is 4.98 Å². The SMILES string of the molecule is CN(C)c1ccc(-c2ccc(Nc3nc(Cl)ncc3Br)c(P(C)(C)=O)c2)nn1. The summed E-state index contributed by atoms with van der Waals surface area (Å²) in [6.45, 7) is 3.44. The van der Waals surface area contributed by atoms with E-state index in [1.165, 1.54) is 0 Å². The highest BCUT2D eigenvalue weighted by molar-refractivity contribution is 9.10. The van der Waals surface area contributed by atoms with Gasteiger partial charge in [-0.15, -0.1) is 10.2 Å². The number of aromatic nitrogens is 4. The van der Waals surface area contributed by atoms with Gasteiger partial charge in [-0.05, 0) is 65.1 Å². The zero-order valence-electron chi connectivity index (χ0n) is 15.8. The van der Waals surface area contributed by atoms with E-state index < -0.39 is 7.14 Å². The smallest absolute Gasteiger partial charge is 0.224 e. The van der Waals surface area contributed by atoms with Gasteiger partial charge in [0.15, 0.2) is 5.82 Å². The molecule has 0 unspecified atom stereocenters. The third-order valence-corrected chi connectivity index (χ3v) is 6.24. The van der Waals surface area contributed by atoms with Crippen LogP contribution in [0.15, 0.2) is 41.0 Å². The second-order valence-corrected chi connectivity index (χ2v) is 11.1. The van der Waals surface area contributed by atoms with Gasteiger partial charge in [0, 0.05) is 31.2 Å². The first-order valence-corrected chi connectivity index (χ1v) is 12.1. The van der Waals surface area contributed by atoms with Gasteiger partial charge in [0.05, 0.1) is 15.9 Å². The van der Waals surface area contributed by atoms with Crippen molar-refractivity contribution >= 4 is 57.3 Å². The van der Waals surface area contributed by atoms with E-state index in [4.69, 9.17) is 11.6 Å². The zero-order valence-corrected chi connectivity index (χ0v) is 19.0. The molecular formula is C18H19BrClN6OP. The molecule has 10 heteroatoms. The number of nitrogens with one attached hydrogen (secondary N) is 1. The number of benzene rings is 1. The van der Waals surface area contributed by atoms with Crippen LogP contribution in [0.1, 0.15) is 0 Å². The number of rotatable bonds is 5. The van der Waals surface area contributed by atoms with Gasteiger partial charge < -0.3 is 14.8 Å². The molecule has 2 heterocycles. The topological polar surface area (TPSA) is 83.9 Å². The molecular weight excluding hydrogens is 463 g/mol. The van der Waals surface area contributed by atoms with E-state index in [2.05, 4.69) is 41.4 Å². The minimum atomic E-state index is -2.60. The van der Waals surface area contributed by atoms with Crippen molar-refractivity contribution in [3.8, 4) is 11.3 Å². The molecule has 0 saturated heterocycles. The van der Waals surface area contributed by atoms with Crippen molar-refractivity contribution in [1.82, 2.24) is 20.2 Å². The van der Waals surface area contributed by atoms with Gasteiger partial charge in [0.1, 0.15) is 13.0 Å². The van der Waals surface area contributed by atoms with Crippen LogP contribution in [0, 0.1) is 0 Å². The summed E-state index contributed by atoms with van der Waals surface area (Å²) in [6, 6.07) is 9.42. The van der Waals surface area contributed by atoms with Crippen molar-refractivity contribution in [3.63, 3.8) is 0 Å². The van der Waals surface area contributed by atoms with E-state index in [9.17, 15) is 4.57 Å². The fourth-order valence-corrected chi connectivity index (χ4v) is 4.10. The van der Waals surface area contributed by atoms with E-state index in [1.807, 2.05) is 49.3 Å². The van der Waals surface area contributed by atoms with E-state index >= 15 is 0 Å². The summed E-state index contributed by atoms with van der Waals surface area (Å²) < 4.78 is 13.6. The van der Waals surface area contributed by atoms with Crippen LogP contribution in [0.2, 0.25) is 5.28 Å². The van der Waals surface area contributed by atoms with Crippen LogP contribution in [-0.2, 0) is 4.57 Å². The molecule has 0 aliphatic carbocycles. The second-order valence-electron chi connectivity index (χ2n) is 6.71. The highest BCUT2D eigenvalue weighted by atomic mass is 79.9. The molecule has 3 rings (SSSR count). The highest BCUT2D eigenvalue weighted by Crippen LogP contribution is 2.40. The number of hydrogen-bond donors (Lipinski definition) is 1. The quantitative estimate of drug-likeness (QED) is 0.427. The summed E-state index contributed by atoms with van der Waals surface area (Å²) in [5.41, 5.74) is 2.23. The molecule has 0 aliphatic heterocycles. The molecule has 0 saturated carbocycles. The molecule has 0 bridgehead atoms. The lowest BCUT2D eigenvalue weighted by molar-refractivity contribution is 0.588. The summed E-state index contributed by atoms with van der Waals surface area (Å²) >= 11 is 9.29. The van der Waals surface area contributed by atoms with Gasteiger partial charge in [0.2, 0.25) is 5.28 Å². The Bertz CT molecular complexity index is 1050. The summed E-state index contributed by atoms with van der Waals surface area (Å²) in [7, 11) is 1.21. The third kappa shape index (κ3) is 4.69. The Balaban J connectivity index is 2.03. The largest absolute Gasteiger partial charge is 0.361 e. The number of anilines is 3. The predicted molar refractivity (Wildman–Crippen MR) is 119 cm³/mol. The molecule has 7 nitrogen and oxygen atoms in total. The van der Waals surface area contributed by atoms with E-state index in [0.29, 0.717) is 27.0 Å². The third-order valence-electron chi connectivity index (χ3n) is 3.95. The van der Waals surface area contributed by atoms with Crippen LogP contribution in [-0.4, -0.2) is 47.6 Å². The Kier molecular flexibility index (Phi) is 6.03. The first-order valence-electron chi connectivity index (χ1n) is 8.31. The van der Waals surface area contributed by atoms with Crippen LogP contribution >= 0.6 is 34.7 Å². The Hall–Kier alpha value is -2.02. The summed E-state index contributed by atoms with van der Waals surface area (Å²) in [5.74, 6) is 1.27. The lowest BCUT2D eigenvalue weighted by Crippen LogP contribution is -2.12. The molecule has 0 amide bonds. The average molecular weight is 482 g/mol. The lowest BCUT2D eigenvalue weighted by atomic mass is 10.1. The zero-order chi connectivity index (χ0) is 20.5. The maximum Gasteiger partial charge on any atom is 0.224 e. The number of nitrogens with zero attached hydrogens (tertiary/aromatic N) is 5. The molecule has 1 aromatic carbocycles. The van der Waals surface area contributed by atoms with Crippen molar-refractivity contribution < 1.29 is 4.57 Å². The summed E-state index contributed by atoms with van der Waals surface area (Å²) in [6.07, 6.45) is 1.56. The molecule has 28 heavy (non-hydrogen) atoms. The van der Waals surface area contributed by atoms with Crippen LogP contribution < -0.4 is 15.5 Å². The molecule has 0 spiro atoms. The second kappa shape index (κ2) is 8.15. The van der Waals surface area contributed by atoms with Crippen LogP contribution in [0.4, 0.5) is 17.3 Å². The maximum atomic E-state index is 13.0. The van der Waals surface area contributed by atoms with Gasteiger partial charge in [-0.1, -0.05) is 6.07 Å². The minimum Gasteiger partial charge on any atom is -0.361 e. The van der Waals surface area contributed by atoms with Crippen LogP contribution in [0.25, 0.3) is 11.3 Å². The van der Waals surface area contributed by atoms with Crippen molar-refractivity contribution in [2.45, 2.75) is 0 Å². The summed E-state index contributed by atoms with van der Waals surface area (Å²) in [4.78, 5) is 9.98.